The van der Waals surface area contributed by atoms with E-state index in [0.29, 0.717) is 0 Å². The summed E-state index contributed by atoms with van der Waals surface area (Å²) in [4.78, 5) is 3.86. The van der Waals surface area contributed by atoms with Gasteiger partial charge in [-0.15, -0.1) is 24.8 Å². The zero-order valence-corrected chi connectivity index (χ0v) is 7.19. The Bertz CT molecular complexity index is 110. The Morgan fingerprint density at radius 3 is 2.11 bits per heavy atom. The molecule has 1 aliphatic heterocycles. The largest absolute Gasteiger partial charge is 1.00 e. The molecule has 0 spiro atoms. The average Bonchev–Trinajstić information content (AvgIpc) is 1.86. The molecule has 0 fully saturated rings. The Morgan fingerprint density at radius 2 is 2.00 bits per heavy atom. The van der Waals surface area contributed by atoms with Gasteiger partial charge >= 0.3 is 0 Å². The van der Waals surface area contributed by atoms with Crippen LogP contribution in [0.15, 0.2) is 12.4 Å². The smallest absolute Gasteiger partial charge is 0.293 e. The van der Waals surface area contributed by atoms with E-state index < -0.39 is 0 Å². The maximum absolute atomic E-state index is 3.86. The van der Waals surface area contributed by atoms with Crippen molar-refractivity contribution >= 4 is 30.6 Å². The number of aliphatic imine (C=N–C) groups is 1. The maximum atomic E-state index is 3.86. The molecule has 1 radical (unpaired) electrons. The normalized spacial score (nSPS) is 11.4. The molecule has 0 saturated carbocycles. The van der Waals surface area contributed by atoms with Crippen LogP contribution in [-0.2, 0) is 0 Å². The number of nitrogens with one attached hydrogen (secondary N) is 1. The number of amidine groups is 1. The first-order chi connectivity index (χ1) is 2.89. The van der Waals surface area contributed by atoms with E-state index in [1.807, 2.05) is 6.92 Å². The number of nitrogens with zero attached hydrogens (tertiary/aromatic N) is 1. The van der Waals surface area contributed by atoms with Crippen LogP contribution in [-0.4, -0.2) is 5.84 Å². The molecule has 1 heterocycles. The summed E-state index contributed by atoms with van der Waals surface area (Å²) in [5.74, 6) is 0.968. The fourth-order valence-electron chi connectivity index (χ4n) is 0.344. The van der Waals surface area contributed by atoms with E-state index in [9.17, 15) is 0 Å². The third-order valence-electron chi connectivity index (χ3n) is 0.635. The predicted molar refractivity (Wildman–Crippen MR) is 39.6 cm³/mol. The highest BCUT2D eigenvalue weighted by Gasteiger charge is 1.99. The first-order valence-corrected chi connectivity index (χ1v) is 1.85. The second-order valence-electron chi connectivity index (χ2n) is 1.17. The summed E-state index contributed by atoms with van der Waals surface area (Å²) < 4.78 is 0. The number of hydrogen-bond acceptors (Lipinski definition) is 2. The van der Waals surface area contributed by atoms with Crippen molar-refractivity contribution in [2.24, 2.45) is 0 Å². The van der Waals surface area contributed by atoms with Gasteiger partial charge in [0.25, 0.3) is 5.84 Å². The van der Waals surface area contributed by atoms with Gasteiger partial charge in [-0.25, -0.2) is 5.32 Å². The summed E-state index contributed by atoms with van der Waals surface area (Å²) in [6.07, 6.45) is 3.53. The van der Waals surface area contributed by atoms with Crippen molar-refractivity contribution in [1.29, 1.82) is 0 Å². The van der Waals surface area contributed by atoms with Crippen LogP contribution < -0.4 is 22.7 Å². The molecule has 9 heavy (non-hydrogen) atoms. The molecule has 1 aliphatic rings. The highest BCUT2D eigenvalue weighted by atomic mass is 35.5. The lowest BCUT2D eigenvalue weighted by molar-refractivity contribution is -0.00000182. The summed E-state index contributed by atoms with van der Waals surface area (Å²) in [6, 6.07) is 0. The first kappa shape index (κ1) is 16.0. The second-order valence-corrected chi connectivity index (χ2v) is 1.17. The van der Waals surface area contributed by atoms with Crippen LogP contribution >= 0.6 is 24.8 Å². The SMILES string of the molecule is CC1=[N+]C=CN1.Cl.Cl.[Cl-]. The van der Waals surface area contributed by atoms with E-state index in [1.54, 1.807) is 12.4 Å². The van der Waals surface area contributed by atoms with Crippen LogP contribution in [0.2, 0.25) is 0 Å². The molecule has 2 nitrogen and oxygen atoms in total. The molecule has 0 aromatic carbocycles. The molecular weight excluding hydrogens is 182 g/mol. The van der Waals surface area contributed by atoms with Gasteiger partial charge < -0.3 is 12.4 Å². The molecule has 0 atom stereocenters. The van der Waals surface area contributed by atoms with Gasteiger partial charge in [-0.1, -0.05) is 4.99 Å². The van der Waals surface area contributed by atoms with Crippen molar-refractivity contribution in [2.75, 3.05) is 0 Å². The van der Waals surface area contributed by atoms with Gasteiger partial charge in [0, 0.05) is 6.92 Å². The van der Waals surface area contributed by atoms with Gasteiger partial charge in [-0.3, -0.25) is 0 Å². The molecule has 1 N–H and O–H groups in total. The van der Waals surface area contributed by atoms with Gasteiger partial charge in [-0.05, 0) is 0 Å². The van der Waals surface area contributed by atoms with E-state index in [2.05, 4.69) is 10.3 Å². The van der Waals surface area contributed by atoms with Gasteiger partial charge in [0.1, 0.15) is 6.20 Å². The fourth-order valence-corrected chi connectivity index (χ4v) is 0.344. The molecule has 0 amide bonds. The maximum Gasteiger partial charge on any atom is 0.293 e. The van der Waals surface area contributed by atoms with Crippen LogP contribution in [0.25, 0.3) is 0 Å². The minimum atomic E-state index is 0. The Kier molecular flexibility index (Phi) is 14.4. The minimum Gasteiger partial charge on any atom is -1.00 e. The molecular formula is C4H8Cl3N2. The lowest BCUT2D eigenvalue weighted by Gasteiger charge is -1.69. The summed E-state index contributed by atoms with van der Waals surface area (Å²) in [7, 11) is 0. The standard InChI is InChI=1S/C4H6N2.3ClH/c1-4-5-2-3-6-4;;;/h2-3,5H,1H3;3*1H/q+1;;;/p-1. The average molecular weight is 190 g/mol. The molecule has 1 rings (SSSR count). The predicted octanol–water partition coefficient (Wildman–Crippen LogP) is -2.34. The van der Waals surface area contributed by atoms with E-state index in [4.69, 9.17) is 0 Å². The van der Waals surface area contributed by atoms with Crippen molar-refractivity contribution in [3.05, 3.63) is 12.4 Å². The zero-order valence-electron chi connectivity index (χ0n) is 4.80. The summed E-state index contributed by atoms with van der Waals surface area (Å²) in [6.45, 7) is 1.92. The molecule has 0 bridgehead atoms. The molecule has 0 aliphatic carbocycles. The van der Waals surface area contributed by atoms with Gasteiger partial charge in [0.2, 0.25) is 0 Å². The summed E-state index contributed by atoms with van der Waals surface area (Å²) in [5.41, 5.74) is 0. The molecule has 0 aromatic rings. The highest BCUT2D eigenvalue weighted by molar-refractivity contribution is 5.85. The van der Waals surface area contributed by atoms with E-state index in [1.165, 1.54) is 0 Å². The Labute approximate surface area is 73.0 Å². The fraction of sp³-hybridized carbons (Fsp3) is 0.250. The van der Waals surface area contributed by atoms with Gasteiger partial charge in [0.05, 0.1) is 0 Å². The molecule has 0 unspecified atom stereocenters. The first-order valence-electron chi connectivity index (χ1n) is 1.85. The van der Waals surface area contributed by atoms with Crippen LogP contribution in [0.1, 0.15) is 6.92 Å². The minimum absolute atomic E-state index is 0. The van der Waals surface area contributed by atoms with Crippen molar-refractivity contribution in [3.8, 4) is 0 Å². The van der Waals surface area contributed by atoms with Gasteiger partial charge in [0.15, 0.2) is 6.20 Å². The third kappa shape index (κ3) is 5.96. The van der Waals surface area contributed by atoms with Crippen LogP contribution in [0.3, 0.4) is 0 Å². The second kappa shape index (κ2) is 8.08. The Balaban J connectivity index is -0.000000120. The zero-order chi connectivity index (χ0) is 4.41. The Morgan fingerprint density at radius 1 is 1.44 bits per heavy atom. The summed E-state index contributed by atoms with van der Waals surface area (Å²) >= 11 is 0. The van der Waals surface area contributed by atoms with Crippen molar-refractivity contribution in [2.45, 2.75) is 6.92 Å². The number of halogens is 3. The molecule has 55 valence electrons. The molecule has 0 saturated heterocycles. The summed E-state index contributed by atoms with van der Waals surface area (Å²) in [5, 5.41) is 2.89. The molecule has 0 aromatic heterocycles. The number of rotatable bonds is 0. The van der Waals surface area contributed by atoms with Crippen molar-refractivity contribution in [1.82, 2.24) is 10.3 Å². The van der Waals surface area contributed by atoms with E-state index in [0.717, 1.165) is 5.84 Å². The topological polar surface area (TPSA) is 26.1 Å². The van der Waals surface area contributed by atoms with Gasteiger partial charge in [-0.2, -0.15) is 0 Å². The highest BCUT2D eigenvalue weighted by Crippen LogP contribution is 1.70. The van der Waals surface area contributed by atoms with Crippen LogP contribution in [0.5, 0.6) is 0 Å². The quantitative estimate of drug-likeness (QED) is 0.455. The van der Waals surface area contributed by atoms with Crippen LogP contribution in [0.4, 0.5) is 0 Å². The monoisotopic (exact) mass is 189 g/mol. The van der Waals surface area contributed by atoms with Crippen molar-refractivity contribution in [3.63, 3.8) is 0 Å². The van der Waals surface area contributed by atoms with Crippen LogP contribution in [0, 0.1) is 0 Å². The lowest BCUT2D eigenvalue weighted by Crippen LogP contribution is -3.00. The third-order valence-corrected chi connectivity index (χ3v) is 0.635. The Hall–Kier alpha value is 0.0800. The lowest BCUT2D eigenvalue weighted by atomic mass is 10.7. The van der Waals surface area contributed by atoms with E-state index >= 15 is 0 Å². The van der Waals surface area contributed by atoms with E-state index in [-0.39, 0.29) is 37.2 Å². The van der Waals surface area contributed by atoms with Crippen molar-refractivity contribution < 1.29 is 12.4 Å². The molecule has 5 heteroatoms. The number of hydrogen-bond donors (Lipinski definition) is 1.